The van der Waals surface area contributed by atoms with Crippen LogP contribution >= 0.6 is 0 Å². The molecule has 9 heteroatoms. The molecule has 13 atom stereocenters. The van der Waals surface area contributed by atoms with Gasteiger partial charge in [0, 0.05) is 11.3 Å². The van der Waals surface area contributed by atoms with E-state index in [4.69, 9.17) is 9.47 Å². The van der Waals surface area contributed by atoms with Crippen molar-refractivity contribution in [1.82, 2.24) is 0 Å². The summed E-state index contributed by atoms with van der Waals surface area (Å²) in [6, 6.07) is 0. The highest BCUT2D eigenvalue weighted by Gasteiger charge is 2.69. The third-order valence-electron chi connectivity index (χ3n) is 10.8. The number of fused-ring (bicyclic) bond motifs is 3. The summed E-state index contributed by atoms with van der Waals surface area (Å²) in [6.07, 6.45) is -3.64. The molecule has 6 N–H and O–H groups in total. The first-order chi connectivity index (χ1) is 16.4. The van der Waals surface area contributed by atoms with Gasteiger partial charge in [-0.2, -0.15) is 0 Å². The fourth-order valence-corrected chi connectivity index (χ4v) is 8.96. The van der Waals surface area contributed by atoms with E-state index in [9.17, 15) is 35.4 Å². The van der Waals surface area contributed by atoms with E-state index < -0.39 is 60.9 Å². The zero-order valence-corrected chi connectivity index (χ0v) is 20.5. The standard InChI is InChI=1S/C26H40O9/c1-12-13-10-26(21(12)32)8-5-16-24(2,17(26)9-14(13)28)6-4-7-25(16,3)23(33)35-22-20(31)19(30)18(29)15(11-27)34-22/h13-22,27-32H,1,4-11H2,2-3H3/t13-,14-,15-,16+,17+,18-,19+,20-,21-,22+,24-,25-,26-/m1/s1. The van der Waals surface area contributed by atoms with Crippen molar-refractivity contribution in [1.29, 1.82) is 0 Å². The Kier molecular flexibility index (Phi) is 6.19. The number of rotatable bonds is 3. The Morgan fingerprint density at radius 3 is 2.46 bits per heavy atom. The van der Waals surface area contributed by atoms with Crippen LogP contribution in [0.5, 0.6) is 0 Å². The van der Waals surface area contributed by atoms with Crippen molar-refractivity contribution < 1.29 is 44.9 Å². The Labute approximate surface area is 205 Å². The van der Waals surface area contributed by atoms with Gasteiger partial charge in [-0.15, -0.1) is 0 Å². The second-order valence-corrected chi connectivity index (χ2v) is 12.3. The van der Waals surface area contributed by atoms with Crippen LogP contribution in [0.15, 0.2) is 12.2 Å². The molecule has 4 saturated carbocycles. The van der Waals surface area contributed by atoms with E-state index in [2.05, 4.69) is 13.5 Å². The lowest BCUT2D eigenvalue weighted by Crippen LogP contribution is -2.63. The summed E-state index contributed by atoms with van der Waals surface area (Å²) in [5, 5.41) is 62.2. The Hall–Kier alpha value is -1.07. The van der Waals surface area contributed by atoms with E-state index in [0.29, 0.717) is 12.8 Å². The average molecular weight is 497 g/mol. The lowest BCUT2D eigenvalue weighted by atomic mass is 9.40. The molecule has 35 heavy (non-hydrogen) atoms. The van der Waals surface area contributed by atoms with Gasteiger partial charge < -0.3 is 40.1 Å². The van der Waals surface area contributed by atoms with Gasteiger partial charge in [0.05, 0.1) is 24.2 Å². The van der Waals surface area contributed by atoms with E-state index >= 15 is 0 Å². The Balaban J connectivity index is 1.41. The van der Waals surface area contributed by atoms with Crippen LogP contribution in [0, 0.1) is 34.0 Å². The molecule has 0 aromatic heterocycles. The summed E-state index contributed by atoms with van der Waals surface area (Å²) >= 11 is 0. The molecule has 2 bridgehead atoms. The molecule has 4 aliphatic carbocycles. The highest BCUT2D eigenvalue weighted by atomic mass is 16.7. The van der Waals surface area contributed by atoms with Gasteiger partial charge in [-0.25, -0.2) is 0 Å². The molecule has 0 unspecified atom stereocenters. The van der Waals surface area contributed by atoms with Crippen LogP contribution in [0.4, 0.5) is 0 Å². The molecule has 9 nitrogen and oxygen atoms in total. The molecule has 5 aliphatic rings. The SMILES string of the molecule is C=C1[C@H]2C[C@@]3(CC[C@H]4[C@@](C)(CCC[C@@]4(C)C(=O)O[C@@H]4O[C@H](CO)[C@@H](O)[C@H](O)[C@H]4O)[C@@H]3C[C@H]2O)[C@@H]1O. The van der Waals surface area contributed by atoms with Gasteiger partial charge in [-0.1, -0.05) is 19.9 Å². The van der Waals surface area contributed by atoms with Crippen LogP contribution in [-0.4, -0.2) is 86.1 Å². The van der Waals surface area contributed by atoms with Gasteiger partial charge in [-0.3, -0.25) is 4.79 Å². The molecule has 0 radical (unpaired) electrons. The number of hydrogen-bond donors (Lipinski definition) is 6. The maximum absolute atomic E-state index is 13.7. The fourth-order valence-electron chi connectivity index (χ4n) is 8.96. The first-order valence-corrected chi connectivity index (χ1v) is 13.0. The number of aliphatic hydroxyl groups is 6. The summed E-state index contributed by atoms with van der Waals surface area (Å²) in [4.78, 5) is 13.7. The van der Waals surface area contributed by atoms with E-state index in [1.165, 1.54) is 0 Å². The smallest absolute Gasteiger partial charge is 0.314 e. The lowest BCUT2D eigenvalue weighted by Gasteiger charge is -2.64. The van der Waals surface area contributed by atoms with Crippen LogP contribution < -0.4 is 0 Å². The Bertz CT molecular complexity index is 877. The Morgan fingerprint density at radius 1 is 1.06 bits per heavy atom. The maximum Gasteiger partial charge on any atom is 0.314 e. The summed E-state index contributed by atoms with van der Waals surface area (Å²) in [6.45, 7) is 7.58. The molecule has 1 aliphatic heterocycles. The molecular formula is C26H40O9. The third-order valence-corrected chi connectivity index (χ3v) is 10.8. The minimum absolute atomic E-state index is 0.0361. The number of aliphatic hydroxyl groups excluding tert-OH is 6. The van der Waals surface area contributed by atoms with Crippen molar-refractivity contribution in [3.05, 3.63) is 12.2 Å². The predicted molar refractivity (Wildman–Crippen MR) is 122 cm³/mol. The van der Waals surface area contributed by atoms with Gasteiger partial charge in [0.25, 0.3) is 0 Å². The molecule has 5 fully saturated rings. The van der Waals surface area contributed by atoms with Crippen molar-refractivity contribution >= 4 is 5.97 Å². The normalized spacial score (nSPS) is 55.7. The molecule has 1 heterocycles. The Morgan fingerprint density at radius 2 is 1.77 bits per heavy atom. The van der Waals surface area contributed by atoms with Crippen molar-refractivity contribution in [2.45, 2.75) is 102 Å². The van der Waals surface area contributed by atoms with Crippen molar-refractivity contribution in [2.24, 2.45) is 34.0 Å². The van der Waals surface area contributed by atoms with Gasteiger partial charge in [0.15, 0.2) is 0 Å². The summed E-state index contributed by atoms with van der Waals surface area (Å²) in [5.41, 5.74) is -0.791. The van der Waals surface area contributed by atoms with E-state index in [1.807, 2.05) is 6.92 Å². The minimum Gasteiger partial charge on any atom is -0.432 e. The van der Waals surface area contributed by atoms with Crippen LogP contribution in [0.2, 0.25) is 0 Å². The maximum atomic E-state index is 13.7. The van der Waals surface area contributed by atoms with Crippen molar-refractivity contribution in [3.8, 4) is 0 Å². The fraction of sp³-hybridized carbons (Fsp3) is 0.885. The molecular weight excluding hydrogens is 456 g/mol. The predicted octanol–water partition coefficient (Wildman–Crippen LogP) is 0.240. The molecule has 1 saturated heterocycles. The number of carbonyl (C=O) groups is 1. The first kappa shape index (κ1) is 25.6. The second-order valence-electron chi connectivity index (χ2n) is 12.3. The quantitative estimate of drug-likeness (QED) is 0.238. The topological polar surface area (TPSA) is 157 Å². The summed E-state index contributed by atoms with van der Waals surface area (Å²) in [5.74, 6) is -0.651. The summed E-state index contributed by atoms with van der Waals surface area (Å²) < 4.78 is 11.1. The second kappa shape index (κ2) is 8.48. The van der Waals surface area contributed by atoms with Gasteiger partial charge in [0.1, 0.15) is 24.4 Å². The minimum atomic E-state index is -1.64. The van der Waals surface area contributed by atoms with Crippen LogP contribution in [-0.2, 0) is 14.3 Å². The van der Waals surface area contributed by atoms with Gasteiger partial charge in [-0.05, 0) is 68.3 Å². The first-order valence-electron chi connectivity index (χ1n) is 13.0. The van der Waals surface area contributed by atoms with Gasteiger partial charge in [0.2, 0.25) is 6.29 Å². The van der Waals surface area contributed by atoms with Crippen molar-refractivity contribution in [3.63, 3.8) is 0 Å². The monoisotopic (exact) mass is 496 g/mol. The molecule has 1 spiro atoms. The van der Waals surface area contributed by atoms with Crippen molar-refractivity contribution in [2.75, 3.05) is 6.61 Å². The highest BCUT2D eigenvalue weighted by Crippen LogP contribution is 2.72. The van der Waals surface area contributed by atoms with Crippen LogP contribution in [0.1, 0.15) is 58.8 Å². The highest BCUT2D eigenvalue weighted by molar-refractivity contribution is 5.77. The molecule has 198 valence electrons. The average Bonchev–Trinajstić information content (AvgIpc) is 3.03. The zero-order valence-electron chi connectivity index (χ0n) is 20.5. The molecule has 0 amide bonds. The van der Waals surface area contributed by atoms with E-state index in [0.717, 1.165) is 37.7 Å². The van der Waals surface area contributed by atoms with Crippen LogP contribution in [0.3, 0.4) is 0 Å². The molecule has 0 aromatic rings. The van der Waals surface area contributed by atoms with E-state index in [1.54, 1.807) is 0 Å². The lowest BCUT2D eigenvalue weighted by molar-refractivity contribution is -0.298. The zero-order chi connectivity index (χ0) is 25.5. The van der Waals surface area contributed by atoms with Gasteiger partial charge >= 0.3 is 5.97 Å². The third kappa shape index (κ3) is 3.42. The largest absolute Gasteiger partial charge is 0.432 e. The number of hydrogen-bond acceptors (Lipinski definition) is 9. The summed E-state index contributed by atoms with van der Waals surface area (Å²) in [7, 11) is 0. The number of ether oxygens (including phenoxy) is 2. The number of carbonyl (C=O) groups excluding carboxylic acids is 1. The molecule has 0 aromatic carbocycles. The molecule has 5 rings (SSSR count). The van der Waals surface area contributed by atoms with Crippen LogP contribution in [0.25, 0.3) is 0 Å². The van der Waals surface area contributed by atoms with E-state index in [-0.39, 0.29) is 28.6 Å². The number of esters is 1.